The van der Waals surface area contributed by atoms with E-state index < -0.39 is 4.92 Å². The van der Waals surface area contributed by atoms with E-state index in [2.05, 4.69) is 15.4 Å². The van der Waals surface area contributed by atoms with Gasteiger partial charge in [0, 0.05) is 24.4 Å². The summed E-state index contributed by atoms with van der Waals surface area (Å²) >= 11 is 0. The first-order valence-corrected chi connectivity index (χ1v) is 4.91. The van der Waals surface area contributed by atoms with Gasteiger partial charge in [-0.15, -0.1) is 0 Å². The molecule has 0 saturated heterocycles. The fraction of sp³-hybridized carbons (Fsp3) is 0. The summed E-state index contributed by atoms with van der Waals surface area (Å²) in [7, 11) is 0. The van der Waals surface area contributed by atoms with Gasteiger partial charge in [0.05, 0.1) is 4.92 Å². The third kappa shape index (κ3) is 2.68. The number of nitrogens with two attached hydrogens (primary N) is 1. The van der Waals surface area contributed by atoms with Crippen molar-refractivity contribution in [3.8, 4) is 11.6 Å². The molecule has 0 aliphatic rings. The molecular formula is C10H9N5O3. The fourth-order valence-electron chi connectivity index (χ4n) is 1.23. The SMILES string of the molecule is NNc1nccc(Oc2ccc([N+](=O)[O-])cc2)n1. The number of benzene rings is 1. The highest BCUT2D eigenvalue weighted by Crippen LogP contribution is 2.22. The van der Waals surface area contributed by atoms with E-state index in [1.807, 2.05) is 0 Å². The molecule has 0 radical (unpaired) electrons. The van der Waals surface area contributed by atoms with Crippen LogP contribution in [0.15, 0.2) is 36.5 Å². The largest absolute Gasteiger partial charge is 0.439 e. The predicted octanol–water partition coefficient (Wildman–Crippen LogP) is 1.46. The molecule has 2 aromatic rings. The van der Waals surface area contributed by atoms with Gasteiger partial charge in [-0.25, -0.2) is 10.8 Å². The van der Waals surface area contributed by atoms with Gasteiger partial charge in [0.15, 0.2) is 0 Å². The smallest absolute Gasteiger partial charge is 0.269 e. The number of hydrazine groups is 1. The van der Waals surface area contributed by atoms with Gasteiger partial charge in [0.2, 0.25) is 11.8 Å². The molecule has 0 amide bonds. The summed E-state index contributed by atoms with van der Waals surface area (Å²) in [6.07, 6.45) is 1.48. The third-order valence-electron chi connectivity index (χ3n) is 2.03. The van der Waals surface area contributed by atoms with Crippen LogP contribution in [-0.2, 0) is 0 Å². The molecule has 0 aliphatic heterocycles. The molecule has 18 heavy (non-hydrogen) atoms. The van der Waals surface area contributed by atoms with Gasteiger partial charge in [-0.2, -0.15) is 4.98 Å². The van der Waals surface area contributed by atoms with Crippen molar-refractivity contribution in [3.63, 3.8) is 0 Å². The molecule has 8 nitrogen and oxygen atoms in total. The van der Waals surface area contributed by atoms with Crippen LogP contribution in [0, 0.1) is 10.1 Å². The van der Waals surface area contributed by atoms with Crippen LogP contribution >= 0.6 is 0 Å². The van der Waals surface area contributed by atoms with E-state index in [4.69, 9.17) is 10.6 Å². The minimum Gasteiger partial charge on any atom is -0.439 e. The highest BCUT2D eigenvalue weighted by molar-refractivity contribution is 5.38. The maximum Gasteiger partial charge on any atom is 0.269 e. The predicted molar refractivity (Wildman–Crippen MR) is 63.0 cm³/mol. The molecule has 0 saturated carbocycles. The van der Waals surface area contributed by atoms with Gasteiger partial charge in [-0.1, -0.05) is 0 Å². The highest BCUT2D eigenvalue weighted by Gasteiger charge is 2.06. The minimum atomic E-state index is -0.481. The second-order valence-electron chi connectivity index (χ2n) is 3.22. The first-order chi connectivity index (χ1) is 8.69. The lowest BCUT2D eigenvalue weighted by atomic mass is 10.3. The normalized spacial score (nSPS) is 9.83. The summed E-state index contributed by atoms with van der Waals surface area (Å²) in [4.78, 5) is 17.8. The van der Waals surface area contributed by atoms with E-state index in [1.54, 1.807) is 6.07 Å². The number of hydrogen-bond donors (Lipinski definition) is 2. The molecule has 1 heterocycles. The van der Waals surface area contributed by atoms with Crippen molar-refractivity contribution in [2.45, 2.75) is 0 Å². The topological polar surface area (TPSA) is 116 Å². The van der Waals surface area contributed by atoms with E-state index >= 15 is 0 Å². The highest BCUT2D eigenvalue weighted by atomic mass is 16.6. The lowest BCUT2D eigenvalue weighted by molar-refractivity contribution is -0.384. The Kier molecular flexibility index (Phi) is 3.30. The third-order valence-corrected chi connectivity index (χ3v) is 2.03. The maximum absolute atomic E-state index is 10.5. The summed E-state index contributed by atoms with van der Waals surface area (Å²) in [5.41, 5.74) is 2.28. The summed E-state index contributed by atoms with van der Waals surface area (Å²) < 4.78 is 5.39. The number of hydrogen-bond acceptors (Lipinski definition) is 7. The van der Waals surface area contributed by atoms with E-state index in [1.165, 1.54) is 30.5 Å². The molecule has 0 unspecified atom stereocenters. The average Bonchev–Trinajstić information content (AvgIpc) is 2.39. The van der Waals surface area contributed by atoms with Crippen LogP contribution in [0.5, 0.6) is 11.6 Å². The number of aromatic nitrogens is 2. The molecular weight excluding hydrogens is 238 g/mol. The number of nitro groups is 1. The summed E-state index contributed by atoms with van der Waals surface area (Å²) in [5, 5.41) is 10.5. The zero-order valence-corrected chi connectivity index (χ0v) is 9.11. The molecule has 3 N–H and O–H groups in total. The van der Waals surface area contributed by atoms with Gasteiger partial charge >= 0.3 is 0 Å². The van der Waals surface area contributed by atoms with Crippen LogP contribution in [0.2, 0.25) is 0 Å². The van der Waals surface area contributed by atoms with Crippen LogP contribution in [0.3, 0.4) is 0 Å². The first kappa shape index (κ1) is 11.7. The summed E-state index contributed by atoms with van der Waals surface area (Å²) in [6, 6.07) is 7.20. The second-order valence-corrected chi connectivity index (χ2v) is 3.22. The number of anilines is 1. The van der Waals surface area contributed by atoms with E-state index in [0.717, 1.165) is 0 Å². The Bertz CT molecular complexity index is 558. The molecule has 92 valence electrons. The van der Waals surface area contributed by atoms with Crippen LogP contribution in [-0.4, -0.2) is 14.9 Å². The van der Waals surface area contributed by atoms with Gasteiger partial charge in [0.1, 0.15) is 5.75 Å². The zero-order chi connectivity index (χ0) is 13.0. The average molecular weight is 247 g/mol. The Morgan fingerprint density at radius 3 is 2.61 bits per heavy atom. The molecule has 0 aliphatic carbocycles. The summed E-state index contributed by atoms with van der Waals surface area (Å²) in [5.74, 6) is 6.09. The number of nitrogen functional groups attached to an aromatic ring is 1. The van der Waals surface area contributed by atoms with Crippen LogP contribution < -0.4 is 16.0 Å². The lowest BCUT2D eigenvalue weighted by Crippen LogP contribution is -2.10. The first-order valence-electron chi connectivity index (χ1n) is 4.91. The number of nitro benzene ring substituents is 1. The second kappa shape index (κ2) is 5.06. The van der Waals surface area contributed by atoms with Crippen LogP contribution in [0.4, 0.5) is 11.6 Å². The zero-order valence-electron chi connectivity index (χ0n) is 9.11. The summed E-state index contributed by atoms with van der Waals surface area (Å²) in [6.45, 7) is 0. The van der Waals surface area contributed by atoms with Crippen molar-refractivity contribution >= 4 is 11.6 Å². The standard InChI is InChI=1S/C10H9N5O3/c11-14-10-12-6-5-9(13-10)18-8-3-1-7(2-4-8)15(16)17/h1-6H,11H2,(H,12,13,14). The van der Waals surface area contributed by atoms with Crippen molar-refractivity contribution in [2.75, 3.05) is 5.43 Å². The van der Waals surface area contributed by atoms with Crippen molar-refractivity contribution in [3.05, 3.63) is 46.6 Å². The number of rotatable bonds is 4. The molecule has 0 bridgehead atoms. The molecule has 1 aromatic carbocycles. The molecule has 8 heteroatoms. The Morgan fingerprint density at radius 2 is 2.00 bits per heavy atom. The molecule has 0 spiro atoms. The van der Waals surface area contributed by atoms with Gasteiger partial charge < -0.3 is 4.74 Å². The molecule has 0 fully saturated rings. The molecule has 2 rings (SSSR count). The van der Waals surface area contributed by atoms with Gasteiger partial charge in [-0.3, -0.25) is 15.5 Å². The number of ether oxygens (including phenoxy) is 1. The van der Waals surface area contributed by atoms with Crippen molar-refractivity contribution < 1.29 is 9.66 Å². The Hall–Kier alpha value is -2.74. The number of nitrogens with zero attached hydrogens (tertiary/aromatic N) is 3. The molecule has 1 aromatic heterocycles. The number of nitrogens with one attached hydrogen (secondary N) is 1. The lowest BCUT2D eigenvalue weighted by Gasteiger charge is -2.05. The quantitative estimate of drug-likeness (QED) is 0.477. The van der Waals surface area contributed by atoms with E-state index in [0.29, 0.717) is 5.75 Å². The molecule has 0 atom stereocenters. The number of non-ortho nitro benzene ring substituents is 1. The fourth-order valence-corrected chi connectivity index (χ4v) is 1.23. The Balaban J connectivity index is 2.15. The van der Waals surface area contributed by atoms with Crippen LogP contribution in [0.1, 0.15) is 0 Å². The van der Waals surface area contributed by atoms with Crippen molar-refractivity contribution in [1.82, 2.24) is 9.97 Å². The van der Waals surface area contributed by atoms with E-state index in [9.17, 15) is 10.1 Å². The Labute approximate surface area is 102 Å². The van der Waals surface area contributed by atoms with Crippen LogP contribution in [0.25, 0.3) is 0 Å². The van der Waals surface area contributed by atoms with Crippen molar-refractivity contribution in [2.24, 2.45) is 5.84 Å². The van der Waals surface area contributed by atoms with Gasteiger partial charge in [0.25, 0.3) is 5.69 Å². The van der Waals surface area contributed by atoms with Crippen molar-refractivity contribution in [1.29, 1.82) is 0 Å². The minimum absolute atomic E-state index is 0.00523. The van der Waals surface area contributed by atoms with E-state index in [-0.39, 0.29) is 17.5 Å². The van der Waals surface area contributed by atoms with Gasteiger partial charge in [-0.05, 0) is 12.1 Å². The Morgan fingerprint density at radius 1 is 1.28 bits per heavy atom. The maximum atomic E-state index is 10.5. The monoisotopic (exact) mass is 247 g/mol.